The van der Waals surface area contributed by atoms with Gasteiger partial charge in [0.25, 0.3) is 11.7 Å². The summed E-state index contributed by atoms with van der Waals surface area (Å²) in [5.41, 5.74) is 7.66. The first-order valence-corrected chi connectivity index (χ1v) is 6.07. The van der Waals surface area contributed by atoms with Crippen molar-refractivity contribution in [2.75, 3.05) is 18.0 Å². The average Bonchev–Trinajstić information content (AvgIpc) is 2.54. The molecule has 0 saturated heterocycles. The second-order valence-electron chi connectivity index (χ2n) is 5.56. The van der Waals surface area contributed by atoms with E-state index >= 15 is 0 Å². The number of nitrogens with zero attached hydrogens (tertiary/aromatic N) is 1. The minimum atomic E-state index is -0.471. The standard InChI is InChI=1S/C14H18N2O2/c1-14(2,3)9-4-5-11-10(8-9)12(17)13(18)16(11)7-6-15/h4-5,8H,6-7,15H2,1-3H3. The molecular formula is C14H18N2O2. The maximum Gasteiger partial charge on any atom is 0.299 e. The van der Waals surface area contributed by atoms with Crippen LogP contribution in [0.1, 0.15) is 36.7 Å². The van der Waals surface area contributed by atoms with Gasteiger partial charge in [0.2, 0.25) is 0 Å². The van der Waals surface area contributed by atoms with Crippen LogP contribution in [0.15, 0.2) is 18.2 Å². The van der Waals surface area contributed by atoms with E-state index < -0.39 is 11.7 Å². The van der Waals surface area contributed by atoms with E-state index in [1.54, 1.807) is 0 Å². The van der Waals surface area contributed by atoms with Crippen molar-refractivity contribution in [3.63, 3.8) is 0 Å². The third-order valence-corrected chi connectivity index (χ3v) is 3.19. The monoisotopic (exact) mass is 246 g/mol. The van der Waals surface area contributed by atoms with Gasteiger partial charge >= 0.3 is 0 Å². The number of carbonyl (C=O) groups is 2. The smallest absolute Gasteiger partial charge is 0.299 e. The number of hydrogen-bond acceptors (Lipinski definition) is 3. The number of carbonyl (C=O) groups excluding carboxylic acids is 2. The van der Waals surface area contributed by atoms with E-state index in [1.165, 1.54) is 4.90 Å². The van der Waals surface area contributed by atoms with Gasteiger partial charge in [-0.3, -0.25) is 9.59 Å². The topological polar surface area (TPSA) is 63.4 Å². The van der Waals surface area contributed by atoms with E-state index in [-0.39, 0.29) is 5.41 Å². The Bertz CT molecular complexity index is 515. The summed E-state index contributed by atoms with van der Waals surface area (Å²) < 4.78 is 0. The predicted molar refractivity (Wildman–Crippen MR) is 70.9 cm³/mol. The third-order valence-electron chi connectivity index (χ3n) is 3.19. The fraction of sp³-hybridized carbons (Fsp3) is 0.429. The maximum absolute atomic E-state index is 11.9. The zero-order valence-corrected chi connectivity index (χ0v) is 11.0. The van der Waals surface area contributed by atoms with Gasteiger partial charge < -0.3 is 10.6 Å². The van der Waals surface area contributed by atoms with Crippen molar-refractivity contribution in [3.8, 4) is 0 Å². The lowest BCUT2D eigenvalue weighted by Gasteiger charge is -2.20. The summed E-state index contributed by atoms with van der Waals surface area (Å²) in [7, 11) is 0. The fourth-order valence-corrected chi connectivity index (χ4v) is 2.12. The minimum Gasteiger partial charge on any atom is -0.329 e. The summed E-state index contributed by atoms with van der Waals surface area (Å²) >= 11 is 0. The van der Waals surface area contributed by atoms with Crippen LogP contribution < -0.4 is 10.6 Å². The zero-order valence-electron chi connectivity index (χ0n) is 11.0. The molecule has 1 aliphatic heterocycles. The molecule has 1 aliphatic rings. The summed E-state index contributed by atoms with van der Waals surface area (Å²) in [6.45, 7) is 6.96. The molecule has 0 bridgehead atoms. The quantitative estimate of drug-likeness (QED) is 0.804. The Morgan fingerprint density at radius 1 is 1.22 bits per heavy atom. The molecule has 4 nitrogen and oxygen atoms in total. The summed E-state index contributed by atoms with van der Waals surface area (Å²) in [5.74, 6) is -0.897. The molecule has 0 atom stereocenters. The number of benzene rings is 1. The highest BCUT2D eigenvalue weighted by atomic mass is 16.2. The Kier molecular flexibility index (Phi) is 2.99. The normalized spacial score (nSPS) is 15.2. The highest BCUT2D eigenvalue weighted by molar-refractivity contribution is 6.52. The van der Waals surface area contributed by atoms with Crippen LogP contribution in [0.5, 0.6) is 0 Å². The molecule has 0 fully saturated rings. The van der Waals surface area contributed by atoms with Gasteiger partial charge in [0.1, 0.15) is 0 Å². The number of Topliss-reactive ketones (excluding diaryl/α,β-unsaturated/α-hetero) is 1. The molecule has 2 N–H and O–H groups in total. The predicted octanol–water partition coefficient (Wildman–Crippen LogP) is 1.47. The van der Waals surface area contributed by atoms with Crippen molar-refractivity contribution in [1.29, 1.82) is 0 Å². The second-order valence-corrected chi connectivity index (χ2v) is 5.56. The molecule has 96 valence electrons. The fourth-order valence-electron chi connectivity index (χ4n) is 2.12. The van der Waals surface area contributed by atoms with Crippen molar-refractivity contribution in [2.45, 2.75) is 26.2 Å². The van der Waals surface area contributed by atoms with Gasteiger partial charge in [0, 0.05) is 13.1 Å². The molecule has 0 saturated carbocycles. The molecule has 0 unspecified atom stereocenters. The number of anilines is 1. The highest BCUT2D eigenvalue weighted by Crippen LogP contribution is 2.33. The molecule has 1 aromatic rings. The highest BCUT2D eigenvalue weighted by Gasteiger charge is 2.35. The van der Waals surface area contributed by atoms with Gasteiger partial charge in [-0.1, -0.05) is 26.8 Å². The lowest BCUT2D eigenvalue weighted by molar-refractivity contribution is -0.114. The molecule has 1 amide bonds. The van der Waals surface area contributed by atoms with Gasteiger partial charge in [0.15, 0.2) is 0 Å². The summed E-state index contributed by atoms with van der Waals surface area (Å²) in [6.07, 6.45) is 0. The van der Waals surface area contributed by atoms with Crippen LogP contribution in [0.4, 0.5) is 5.69 Å². The lowest BCUT2D eigenvalue weighted by Crippen LogP contribution is -2.34. The molecule has 18 heavy (non-hydrogen) atoms. The van der Waals surface area contributed by atoms with Crippen molar-refractivity contribution in [1.82, 2.24) is 0 Å². The minimum absolute atomic E-state index is 0.0420. The molecule has 1 aromatic carbocycles. The molecule has 0 radical (unpaired) electrons. The van der Waals surface area contributed by atoms with Crippen LogP contribution in [-0.2, 0) is 10.2 Å². The van der Waals surface area contributed by atoms with Crippen molar-refractivity contribution in [3.05, 3.63) is 29.3 Å². The van der Waals surface area contributed by atoms with Crippen LogP contribution in [0, 0.1) is 0 Å². The Balaban J connectivity index is 2.50. The third kappa shape index (κ3) is 1.93. The summed E-state index contributed by atoms with van der Waals surface area (Å²) in [4.78, 5) is 25.2. The van der Waals surface area contributed by atoms with Gasteiger partial charge in [-0.25, -0.2) is 0 Å². The van der Waals surface area contributed by atoms with Crippen LogP contribution in [0.25, 0.3) is 0 Å². The van der Waals surface area contributed by atoms with Gasteiger partial charge in [-0.2, -0.15) is 0 Å². The number of rotatable bonds is 2. The number of fused-ring (bicyclic) bond motifs is 1. The van der Waals surface area contributed by atoms with E-state index in [1.807, 2.05) is 18.2 Å². The number of amides is 1. The average molecular weight is 246 g/mol. The molecule has 4 heteroatoms. The molecule has 0 spiro atoms. The van der Waals surface area contributed by atoms with Crippen LogP contribution in [0.2, 0.25) is 0 Å². The van der Waals surface area contributed by atoms with E-state index in [0.717, 1.165) is 5.56 Å². The maximum atomic E-state index is 11.9. The van der Waals surface area contributed by atoms with Crippen LogP contribution in [0.3, 0.4) is 0 Å². The van der Waals surface area contributed by atoms with Crippen molar-refractivity contribution in [2.24, 2.45) is 5.73 Å². The Hall–Kier alpha value is -1.68. The first-order chi connectivity index (χ1) is 8.36. The van der Waals surface area contributed by atoms with Crippen molar-refractivity contribution < 1.29 is 9.59 Å². The first-order valence-electron chi connectivity index (χ1n) is 6.07. The number of nitrogens with two attached hydrogens (primary N) is 1. The van der Waals surface area contributed by atoms with E-state index in [2.05, 4.69) is 20.8 Å². The van der Waals surface area contributed by atoms with E-state index in [4.69, 9.17) is 5.73 Å². The molecule has 0 aromatic heterocycles. The zero-order chi connectivity index (χ0) is 13.5. The van der Waals surface area contributed by atoms with Gasteiger partial charge in [0.05, 0.1) is 11.3 Å². The van der Waals surface area contributed by atoms with Crippen LogP contribution >= 0.6 is 0 Å². The SMILES string of the molecule is CC(C)(C)c1ccc2c(c1)C(=O)C(=O)N2CCN. The first kappa shape index (κ1) is 12.8. The summed E-state index contributed by atoms with van der Waals surface area (Å²) in [5, 5.41) is 0. The molecule has 0 aliphatic carbocycles. The lowest BCUT2D eigenvalue weighted by atomic mass is 9.86. The van der Waals surface area contributed by atoms with E-state index in [0.29, 0.717) is 24.3 Å². The van der Waals surface area contributed by atoms with Crippen molar-refractivity contribution >= 4 is 17.4 Å². The number of ketones is 1. The Labute approximate surface area is 107 Å². The summed E-state index contributed by atoms with van der Waals surface area (Å²) in [6, 6.07) is 5.63. The van der Waals surface area contributed by atoms with Gasteiger partial charge in [-0.15, -0.1) is 0 Å². The molecular weight excluding hydrogens is 228 g/mol. The van der Waals surface area contributed by atoms with Gasteiger partial charge in [-0.05, 0) is 23.1 Å². The van der Waals surface area contributed by atoms with E-state index in [9.17, 15) is 9.59 Å². The Morgan fingerprint density at radius 3 is 2.44 bits per heavy atom. The second kappa shape index (κ2) is 4.21. The molecule has 1 heterocycles. The molecule has 2 rings (SSSR count). The Morgan fingerprint density at radius 2 is 1.89 bits per heavy atom. The number of hydrogen-bond donors (Lipinski definition) is 1. The van der Waals surface area contributed by atoms with Crippen LogP contribution in [-0.4, -0.2) is 24.8 Å². The largest absolute Gasteiger partial charge is 0.329 e.